The van der Waals surface area contributed by atoms with Crippen LogP contribution in [0.25, 0.3) is 0 Å². The standard InChI is InChI=1S/C12H14BrNO5/c1-17-8-4-7(5-9(18-2)11(8)13)12(16)14-6-10(15)19-3/h4-5H,6H2,1-3H3,(H,14,16). The Labute approximate surface area is 119 Å². The molecule has 0 spiro atoms. The Morgan fingerprint density at radius 2 is 1.68 bits per heavy atom. The molecule has 0 aliphatic carbocycles. The van der Waals surface area contributed by atoms with E-state index >= 15 is 0 Å². The number of benzene rings is 1. The first-order valence-electron chi connectivity index (χ1n) is 5.30. The maximum absolute atomic E-state index is 11.9. The van der Waals surface area contributed by atoms with Crippen LogP contribution in [0.1, 0.15) is 10.4 Å². The number of nitrogens with one attached hydrogen (secondary N) is 1. The molecule has 1 N–H and O–H groups in total. The molecule has 0 saturated heterocycles. The Kier molecular flexibility index (Phi) is 5.62. The highest BCUT2D eigenvalue weighted by Gasteiger charge is 2.15. The van der Waals surface area contributed by atoms with Crippen LogP contribution < -0.4 is 14.8 Å². The minimum Gasteiger partial charge on any atom is -0.495 e. The Bertz CT molecular complexity index is 464. The monoisotopic (exact) mass is 331 g/mol. The molecule has 0 aliphatic heterocycles. The minimum absolute atomic E-state index is 0.198. The van der Waals surface area contributed by atoms with Crippen LogP contribution in [-0.2, 0) is 9.53 Å². The first-order valence-corrected chi connectivity index (χ1v) is 6.09. The van der Waals surface area contributed by atoms with Gasteiger partial charge in [-0.15, -0.1) is 0 Å². The van der Waals surface area contributed by atoms with E-state index in [9.17, 15) is 9.59 Å². The van der Waals surface area contributed by atoms with E-state index in [1.165, 1.54) is 21.3 Å². The van der Waals surface area contributed by atoms with Crippen LogP contribution >= 0.6 is 15.9 Å². The molecule has 0 radical (unpaired) electrons. The molecule has 0 atom stereocenters. The van der Waals surface area contributed by atoms with Crippen molar-refractivity contribution in [3.05, 3.63) is 22.2 Å². The van der Waals surface area contributed by atoms with Crippen LogP contribution in [0.4, 0.5) is 0 Å². The van der Waals surface area contributed by atoms with Gasteiger partial charge in [-0.1, -0.05) is 0 Å². The van der Waals surface area contributed by atoms with Gasteiger partial charge in [-0.25, -0.2) is 0 Å². The van der Waals surface area contributed by atoms with Crippen LogP contribution in [0.5, 0.6) is 11.5 Å². The number of esters is 1. The fraction of sp³-hybridized carbons (Fsp3) is 0.333. The SMILES string of the molecule is COC(=O)CNC(=O)c1cc(OC)c(Br)c(OC)c1. The van der Waals surface area contributed by atoms with Crippen LogP contribution in [-0.4, -0.2) is 39.8 Å². The van der Waals surface area contributed by atoms with Gasteiger partial charge in [0.25, 0.3) is 5.91 Å². The lowest BCUT2D eigenvalue weighted by molar-refractivity contribution is -0.139. The zero-order valence-electron chi connectivity index (χ0n) is 10.8. The van der Waals surface area contributed by atoms with Gasteiger partial charge in [-0.05, 0) is 28.1 Å². The second-order valence-electron chi connectivity index (χ2n) is 3.45. The van der Waals surface area contributed by atoms with Crippen LogP contribution in [0.3, 0.4) is 0 Å². The third-order valence-corrected chi connectivity index (χ3v) is 3.11. The van der Waals surface area contributed by atoms with Gasteiger partial charge in [0.15, 0.2) is 0 Å². The molecule has 0 aromatic heterocycles. The minimum atomic E-state index is -0.524. The number of ether oxygens (including phenoxy) is 3. The predicted octanol–water partition coefficient (Wildman–Crippen LogP) is 1.37. The Morgan fingerprint density at radius 1 is 1.16 bits per heavy atom. The van der Waals surface area contributed by atoms with E-state index in [1.54, 1.807) is 12.1 Å². The summed E-state index contributed by atoms with van der Waals surface area (Å²) in [5.74, 6) is -0.0240. The van der Waals surface area contributed by atoms with Gasteiger partial charge in [-0.2, -0.15) is 0 Å². The van der Waals surface area contributed by atoms with Gasteiger partial charge in [-0.3, -0.25) is 9.59 Å². The van der Waals surface area contributed by atoms with Crippen molar-refractivity contribution in [2.24, 2.45) is 0 Å². The summed E-state index contributed by atoms with van der Waals surface area (Å²) in [6, 6.07) is 3.08. The number of halogens is 1. The Hall–Kier alpha value is -1.76. The van der Waals surface area contributed by atoms with Crippen molar-refractivity contribution >= 4 is 27.8 Å². The summed E-state index contributed by atoms with van der Waals surface area (Å²) >= 11 is 3.30. The van der Waals surface area contributed by atoms with Crippen LogP contribution in [0.15, 0.2) is 16.6 Å². The Balaban J connectivity index is 2.94. The zero-order valence-corrected chi connectivity index (χ0v) is 12.4. The molecule has 1 rings (SSSR count). The summed E-state index contributed by atoms with van der Waals surface area (Å²) in [6.07, 6.45) is 0. The number of amides is 1. The molecule has 19 heavy (non-hydrogen) atoms. The molecule has 1 aromatic carbocycles. The normalized spacial score (nSPS) is 9.68. The zero-order chi connectivity index (χ0) is 14.4. The number of carbonyl (C=O) groups excluding carboxylic acids is 2. The molecule has 0 fully saturated rings. The van der Waals surface area contributed by atoms with E-state index in [1.807, 2.05) is 0 Å². The summed E-state index contributed by atoms with van der Waals surface area (Å²) in [5.41, 5.74) is 0.320. The first-order chi connectivity index (χ1) is 9.03. The van der Waals surface area contributed by atoms with Gasteiger partial charge < -0.3 is 19.5 Å². The maximum Gasteiger partial charge on any atom is 0.325 e. The van der Waals surface area contributed by atoms with E-state index in [2.05, 4.69) is 26.0 Å². The van der Waals surface area contributed by atoms with Crippen molar-refractivity contribution in [2.45, 2.75) is 0 Å². The van der Waals surface area contributed by atoms with Crippen molar-refractivity contribution in [1.29, 1.82) is 0 Å². The molecule has 0 unspecified atom stereocenters. The van der Waals surface area contributed by atoms with Gasteiger partial charge in [0.1, 0.15) is 22.5 Å². The van der Waals surface area contributed by atoms with Crippen molar-refractivity contribution < 1.29 is 23.8 Å². The number of rotatable bonds is 5. The molecule has 104 valence electrons. The molecular weight excluding hydrogens is 318 g/mol. The molecule has 1 aromatic rings. The second-order valence-corrected chi connectivity index (χ2v) is 4.25. The summed E-state index contributed by atoms with van der Waals surface area (Å²) in [5, 5.41) is 2.43. The van der Waals surface area contributed by atoms with Crippen LogP contribution in [0.2, 0.25) is 0 Å². The van der Waals surface area contributed by atoms with Crippen molar-refractivity contribution in [3.63, 3.8) is 0 Å². The topological polar surface area (TPSA) is 73.9 Å². The average Bonchev–Trinajstić information content (AvgIpc) is 2.44. The van der Waals surface area contributed by atoms with E-state index in [4.69, 9.17) is 9.47 Å². The quantitative estimate of drug-likeness (QED) is 0.825. The summed E-state index contributed by atoms with van der Waals surface area (Å²) < 4.78 is 15.3. The number of methoxy groups -OCH3 is 3. The molecule has 0 saturated carbocycles. The van der Waals surface area contributed by atoms with E-state index in [0.29, 0.717) is 21.5 Å². The maximum atomic E-state index is 11.9. The third-order valence-electron chi connectivity index (χ3n) is 2.33. The number of hydrogen-bond acceptors (Lipinski definition) is 5. The van der Waals surface area contributed by atoms with Crippen molar-refractivity contribution in [1.82, 2.24) is 5.32 Å². The molecular formula is C12H14BrNO5. The van der Waals surface area contributed by atoms with Crippen molar-refractivity contribution in [2.75, 3.05) is 27.9 Å². The van der Waals surface area contributed by atoms with Gasteiger partial charge >= 0.3 is 5.97 Å². The highest BCUT2D eigenvalue weighted by Crippen LogP contribution is 2.35. The summed E-state index contributed by atoms with van der Waals surface area (Å²) in [4.78, 5) is 22.8. The second kappa shape index (κ2) is 6.98. The molecule has 0 bridgehead atoms. The molecule has 7 heteroatoms. The fourth-order valence-electron chi connectivity index (χ4n) is 1.33. The third kappa shape index (κ3) is 3.85. The molecule has 6 nitrogen and oxygen atoms in total. The molecule has 0 heterocycles. The van der Waals surface area contributed by atoms with E-state index in [0.717, 1.165) is 0 Å². The van der Waals surface area contributed by atoms with E-state index < -0.39 is 11.9 Å². The number of carbonyl (C=O) groups is 2. The summed E-state index contributed by atoms with van der Waals surface area (Å²) in [7, 11) is 4.21. The van der Waals surface area contributed by atoms with Crippen molar-refractivity contribution in [3.8, 4) is 11.5 Å². The first kappa shape index (κ1) is 15.3. The lowest BCUT2D eigenvalue weighted by Crippen LogP contribution is -2.30. The van der Waals surface area contributed by atoms with Gasteiger partial charge in [0, 0.05) is 5.56 Å². The van der Waals surface area contributed by atoms with Crippen LogP contribution in [0, 0.1) is 0 Å². The highest BCUT2D eigenvalue weighted by atomic mass is 79.9. The van der Waals surface area contributed by atoms with Gasteiger partial charge in [0.05, 0.1) is 21.3 Å². The highest BCUT2D eigenvalue weighted by molar-refractivity contribution is 9.10. The smallest absolute Gasteiger partial charge is 0.325 e. The fourth-order valence-corrected chi connectivity index (χ4v) is 1.88. The Morgan fingerprint density at radius 3 is 2.11 bits per heavy atom. The lowest BCUT2D eigenvalue weighted by atomic mass is 10.2. The molecule has 0 aliphatic rings. The van der Waals surface area contributed by atoms with Gasteiger partial charge in [0.2, 0.25) is 0 Å². The lowest BCUT2D eigenvalue weighted by Gasteiger charge is -2.11. The average molecular weight is 332 g/mol. The predicted molar refractivity (Wildman–Crippen MR) is 71.6 cm³/mol. The largest absolute Gasteiger partial charge is 0.495 e. The number of hydrogen-bond donors (Lipinski definition) is 1. The summed E-state index contributed by atoms with van der Waals surface area (Å²) in [6.45, 7) is -0.198. The van der Waals surface area contributed by atoms with E-state index in [-0.39, 0.29) is 6.54 Å². The molecule has 1 amide bonds.